The van der Waals surface area contributed by atoms with E-state index < -0.39 is 0 Å². The van der Waals surface area contributed by atoms with E-state index in [1.807, 2.05) is 0 Å². The van der Waals surface area contributed by atoms with E-state index in [4.69, 9.17) is 0 Å². The minimum atomic E-state index is -0.160. The molecule has 0 nitrogen and oxygen atoms in total. The Kier molecular flexibility index (Phi) is 6.08. The molecule has 0 heteroatoms. The topological polar surface area (TPSA) is 0 Å². The summed E-state index contributed by atoms with van der Waals surface area (Å²) in [4.78, 5) is 0. The lowest BCUT2D eigenvalue weighted by molar-refractivity contribution is 0.505. The third-order valence-corrected chi connectivity index (χ3v) is 11.1. The Hall–Kier alpha value is -2.86. The van der Waals surface area contributed by atoms with Gasteiger partial charge in [-0.1, -0.05) is 67.1 Å². The molecule has 0 aliphatic heterocycles. The molecule has 206 valence electrons. The monoisotopic (exact) mass is 526 g/mol. The molecule has 3 aromatic carbocycles. The van der Waals surface area contributed by atoms with Crippen LogP contribution in [-0.2, 0) is 5.41 Å². The van der Waals surface area contributed by atoms with Gasteiger partial charge in [-0.3, -0.25) is 0 Å². The molecule has 0 amide bonds. The van der Waals surface area contributed by atoms with Gasteiger partial charge in [0.1, 0.15) is 0 Å². The first kappa shape index (κ1) is 26.1. The third kappa shape index (κ3) is 4.08. The van der Waals surface area contributed by atoms with Crippen molar-refractivity contribution in [2.24, 2.45) is 5.92 Å². The van der Waals surface area contributed by atoms with Crippen LogP contribution in [0.25, 0.3) is 5.57 Å². The van der Waals surface area contributed by atoms with Crippen LogP contribution in [0.4, 0.5) is 0 Å². The van der Waals surface area contributed by atoms with Gasteiger partial charge in [-0.05, 0) is 165 Å². The van der Waals surface area contributed by atoms with E-state index in [1.54, 1.807) is 39.0 Å². The molecular formula is C40H46. The number of aryl methyl sites for hydroxylation is 3. The SMILES string of the molecule is CC1=C(c2ccccc2)C(C)(c2cc(C)c(C)c(C3CC3)c2)C(c2c(C)cc(C3CC3)cc2C)C(C)=C1C1CC1. The summed E-state index contributed by atoms with van der Waals surface area (Å²) in [5.41, 5.74) is 19.8. The molecule has 4 aliphatic carbocycles. The van der Waals surface area contributed by atoms with E-state index in [0.29, 0.717) is 5.92 Å². The van der Waals surface area contributed by atoms with Crippen LogP contribution < -0.4 is 0 Å². The van der Waals surface area contributed by atoms with Crippen molar-refractivity contribution in [1.29, 1.82) is 0 Å². The molecule has 4 aliphatic rings. The lowest BCUT2D eigenvalue weighted by atomic mass is 9.54. The van der Waals surface area contributed by atoms with E-state index in [1.165, 1.54) is 71.9 Å². The minimum Gasteiger partial charge on any atom is -0.0622 e. The molecule has 0 heterocycles. The van der Waals surface area contributed by atoms with Crippen LogP contribution in [-0.4, -0.2) is 0 Å². The van der Waals surface area contributed by atoms with Crippen LogP contribution in [0.1, 0.15) is 127 Å². The molecule has 0 aromatic heterocycles. The van der Waals surface area contributed by atoms with Crippen molar-refractivity contribution in [3.05, 3.63) is 121 Å². The first-order chi connectivity index (χ1) is 19.2. The fourth-order valence-corrected chi connectivity index (χ4v) is 8.61. The lowest BCUT2D eigenvalue weighted by Crippen LogP contribution is -2.38. The van der Waals surface area contributed by atoms with Gasteiger partial charge in [0.05, 0.1) is 0 Å². The molecule has 0 bridgehead atoms. The van der Waals surface area contributed by atoms with Gasteiger partial charge < -0.3 is 0 Å². The highest BCUT2D eigenvalue weighted by molar-refractivity contribution is 5.85. The van der Waals surface area contributed by atoms with E-state index in [0.717, 1.165) is 17.8 Å². The summed E-state index contributed by atoms with van der Waals surface area (Å²) >= 11 is 0. The van der Waals surface area contributed by atoms with Crippen molar-refractivity contribution < 1.29 is 0 Å². The number of rotatable bonds is 6. The van der Waals surface area contributed by atoms with Crippen LogP contribution >= 0.6 is 0 Å². The normalized spacial score (nSPS) is 25.1. The maximum atomic E-state index is 2.64. The van der Waals surface area contributed by atoms with E-state index in [2.05, 4.69) is 103 Å². The molecule has 3 fully saturated rings. The summed E-state index contributed by atoms with van der Waals surface area (Å²) in [6, 6.07) is 21.7. The first-order valence-corrected chi connectivity index (χ1v) is 15.9. The average Bonchev–Trinajstić information content (AvgIpc) is 3.75. The van der Waals surface area contributed by atoms with Crippen LogP contribution in [0.15, 0.2) is 71.3 Å². The van der Waals surface area contributed by atoms with E-state index in [9.17, 15) is 0 Å². The summed E-state index contributed by atoms with van der Waals surface area (Å²) in [7, 11) is 0. The molecule has 0 spiro atoms. The first-order valence-electron chi connectivity index (χ1n) is 15.9. The standard InChI is InChI=1S/C40H46/c1-23-21-34(22-35(26(23)4)30-15-16-30)40(7)38(32-11-9-8-10-12-32)27(5)37(31-17-18-31)28(6)39(40)36-24(2)19-33(20-25(36)3)29-13-14-29/h8-12,19-22,29-31,39H,13-18H2,1-7H3. The maximum absolute atomic E-state index is 2.64. The molecule has 2 atom stereocenters. The zero-order valence-corrected chi connectivity index (χ0v) is 25.7. The second-order valence-electron chi connectivity index (χ2n) is 14.0. The highest BCUT2D eigenvalue weighted by Crippen LogP contribution is 2.62. The van der Waals surface area contributed by atoms with Gasteiger partial charge in [0, 0.05) is 11.3 Å². The predicted molar refractivity (Wildman–Crippen MR) is 170 cm³/mol. The molecule has 2 unspecified atom stereocenters. The summed E-state index contributed by atoms with van der Waals surface area (Å²) < 4.78 is 0. The van der Waals surface area contributed by atoms with Crippen LogP contribution in [0.5, 0.6) is 0 Å². The molecule has 0 N–H and O–H groups in total. The van der Waals surface area contributed by atoms with E-state index >= 15 is 0 Å². The molecule has 7 rings (SSSR count). The number of hydrogen-bond acceptors (Lipinski definition) is 0. The van der Waals surface area contributed by atoms with Crippen molar-refractivity contribution in [1.82, 2.24) is 0 Å². The average molecular weight is 527 g/mol. The molecular weight excluding hydrogens is 480 g/mol. The smallest absolute Gasteiger partial charge is 0.0289 e. The van der Waals surface area contributed by atoms with Gasteiger partial charge in [-0.25, -0.2) is 0 Å². The zero-order valence-electron chi connectivity index (χ0n) is 25.7. The second-order valence-corrected chi connectivity index (χ2v) is 14.0. The largest absolute Gasteiger partial charge is 0.0622 e. The molecule has 3 saturated carbocycles. The quantitative estimate of drug-likeness (QED) is 0.300. The van der Waals surface area contributed by atoms with E-state index in [-0.39, 0.29) is 5.41 Å². The van der Waals surface area contributed by atoms with Crippen molar-refractivity contribution in [2.45, 2.75) is 110 Å². The van der Waals surface area contributed by atoms with Crippen molar-refractivity contribution >= 4 is 5.57 Å². The van der Waals surface area contributed by atoms with Gasteiger partial charge in [0.2, 0.25) is 0 Å². The highest BCUT2D eigenvalue weighted by atomic mass is 14.5. The molecule has 0 radical (unpaired) electrons. The Morgan fingerprint density at radius 2 is 1.25 bits per heavy atom. The summed E-state index contributed by atoms with van der Waals surface area (Å²) in [5, 5.41) is 0. The number of allylic oxidation sites excluding steroid dienone is 4. The van der Waals surface area contributed by atoms with Crippen molar-refractivity contribution in [2.75, 3.05) is 0 Å². The summed E-state index contributed by atoms with van der Waals surface area (Å²) in [6.45, 7) is 17.1. The Morgan fingerprint density at radius 3 is 1.82 bits per heavy atom. The Balaban J connectivity index is 1.55. The van der Waals surface area contributed by atoms with Gasteiger partial charge >= 0.3 is 0 Å². The minimum absolute atomic E-state index is 0.160. The fraction of sp³-hybridized carbons (Fsp3) is 0.450. The lowest BCUT2D eigenvalue weighted by Gasteiger charge is -2.48. The molecule has 0 saturated heterocycles. The van der Waals surface area contributed by atoms with Gasteiger partial charge in [-0.2, -0.15) is 0 Å². The predicted octanol–water partition coefficient (Wildman–Crippen LogP) is 10.9. The van der Waals surface area contributed by atoms with Gasteiger partial charge in [-0.15, -0.1) is 0 Å². The number of hydrogen-bond donors (Lipinski definition) is 0. The van der Waals surface area contributed by atoms with Crippen LogP contribution in [0.2, 0.25) is 0 Å². The molecule has 40 heavy (non-hydrogen) atoms. The van der Waals surface area contributed by atoms with Gasteiger partial charge in [0.25, 0.3) is 0 Å². The van der Waals surface area contributed by atoms with Gasteiger partial charge in [0.15, 0.2) is 0 Å². The highest BCUT2D eigenvalue weighted by Gasteiger charge is 2.49. The fourth-order valence-electron chi connectivity index (χ4n) is 8.61. The second kappa shape index (κ2) is 9.34. The summed E-state index contributed by atoms with van der Waals surface area (Å²) in [6.07, 6.45) is 8.08. The summed E-state index contributed by atoms with van der Waals surface area (Å²) in [5.74, 6) is 2.57. The zero-order chi connectivity index (χ0) is 27.9. The van der Waals surface area contributed by atoms with Crippen molar-refractivity contribution in [3.8, 4) is 0 Å². The molecule has 3 aromatic rings. The third-order valence-electron chi connectivity index (χ3n) is 11.1. The Bertz CT molecular complexity index is 1540. The van der Waals surface area contributed by atoms with Crippen molar-refractivity contribution in [3.63, 3.8) is 0 Å². The Morgan fingerprint density at radius 1 is 0.650 bits per heavy atom. The number of benzene rings is 3. The van der Waals surface area contributed by atoms with Crippen LogP contribution in [0.3, 0.4) is 0 Å². The maximum Gasteiger partial charge on any atom is 0.0289 e. The van der Waals surface area contributed by atoms with Crippen LogP contribution in [0, 0.1) is 33.6 Å². The Labute approximate surface area is 242 Å².